The van der Waals surface area contributed by atoms with Crippen molar-refractivity contribution in [2.45, 2.75) is 40.0 Å². The van der Waals surface area contributed by atoms with Gasteiger partial charge in [0.15, 0.2) is 5.96 Å². The van der Waals surface area contributed by atoms with E-state index in [0.717, 1.165) is 51.7 Å². The lowest BCUT2D eigenvalue weighted by atomic mass is 10.0. The van der Waals surface area contributed by atoms with Crippen molar-refractivity contribution in [3.05, 3.63) is 0 Å². The molecule has 0 heterocycles. The predicted octanol–water partition coefficient (Wildman–Crippen LogP) is 1.95. The Morgan fingerprint density at radius 2 is 1.86 bits per heavy atom. The van der Waals surface area contributed by atoms with Crippen LogP contribution in [0.15, 0.2) is 4.99 Å². The van der Waals surface area contributed by atoms with Gasteiger partial charge >= 0.3 is 0 Å². The Bertz CT molecular complexity index is 255. The van der Waals surface area contributed by atoms with Crippen LogP contribution in [0.3, 0.4) is 0 Å². The molecule has 0 rings (SSSR count). The molecule has 2 N–H and O–H groups in total. The summed E-state index contributed by atoms with van der Waals surface area (Å²) in [6, 6.07) is 0. The van der Waals surface area contributed by atoms with Crippen molar-refractivity contribution in [2.75, 3.05) is 53.5 Å². The van der Waals surface area contributed by atoms with E-state index in [1.54, 1.807) is 7.11 Å². The summed E-state index contributed by atoms with van der Waals surface area (Å²) in [7, 11) is 3.90. The van der Waals surface area contributed by atoms with Crippen molar-refractivity contribution in [1.29, 1.82) is 0 Å². The zero-order chi connectivity index (χ0) is 15.9. The van der Waals surface area contributed by atoms with Crippen LogP contribution in [0.25, 0.3) is 0 Å². The van der Waals surface area contributed by atoms with E-state index in [4.69, 9.17) is 4.74 Å². The number of ether oxygens (including phenoxy) is 1. The third-order valence-electron chi connectivity index (χ3n) is 3.68. The predicted molar refractivity (Wildman–Crippen MR) is 92.0 cm³/mol. The molecule has 0 aliphatic rings. The van der Waals surface area contributed by atoms with E-state index in [9.17, 15) is 0 Å². The summed E-state index contributed by atoms with van der Waals surface area (Å²) in [6.45, 7) is 12.2. The molecule has 0 aliphatic carbocycles. The first-order chi connectivity index (χ1) is 10.2. The molecule has 126 valence electrons. The van der Waals surface area contributed by atoms with Crippen LogP contribution in [-0.4, -0.2) is 64.3 Å². The molecular formula is C16H36N4O. The van der Waals surface area contributed by atoms with E-state index < -0.39 is 0 Å². The summed E-state index contributed by atoms with van der Waals surface area (Å²) < 4.78 is 5.07. The van der Waals surface area contributed by atoms with Crippen LogP contribution in [0, 0.1) is 5.92 Å². The first kappa shape index (κ1) is 20.2. The van der Waals surface area contributed by atoms with Crippen molar-refractivity contribution in [3.63, 3.8) is 0 Å². The SMILES string of the molecule is CCNC(=NCC(CC)CC)NCCN(C)CCCOC. The average molecular weight is 300 g/mol. The Kier molecular flexibility index (Phi) is 13.6. The minimum atomic E-state index is 0.692. The lowest BCUT2D eigenvalue weighted by molar-refractivity contribution is 0.180. The van der Waals surface area contributed by atoms with Crippen molar-refractivity contribution in [2.24, 2.45) is 10.9 Å². The molecule has 5 nitrogen and oxygen atoms in total. The second-order valence-corrected chi connectivity index (χ2v) is 5.48. The highest BCUT2D eigenvalue weighted by atomic mass is 16.5. The number of rotatable bonds is 12. The molecule has 5 heteroatoms. The first-order valence-electron chi connectivity index (χ1n) is 8.37. The van der Waals surface area contributed by atoms with Gasteiger partial charge in [0.2, 0.25) is 0 Å². The maximum Gasteiger partial charge on any atom is 0.191 e. The van der Waals surface area contributed by atoms with Gasteiger partial charge in [-0.05, 0) is 26.3 Å². The number of guanidine groups is 1. The molecule has 0 saturated carbocycles. The summed E-state index contributed by atoms with van der Waals surface area (Å²) in [5.41, 5.74) is 0. The van der Waals surface area contributed by atoms with Gasteiger partial charge in [-0.25, -0.2) is 0 Å². The average Bonchev–Trinajstić information content (AvgIpc) is 2.48. The zero-order valence-electron chi connectivity index (χ0n) is 14.7. The van der Waals surface area contributed by atoms with Crippen LogP contribution >= 0.6 is 0 Å². The van der Waals surface area contributed by atoms with Crippen LogP contribution in [0.2, 0.25) is 0 Å². The highest BCUT2D eigenvalue weighted by Crippen LogP contribution is 2.06. The number of methoxy groups -OCH3 is 1. The van der Waals surface area contributed by atoms with Crippen LogP contribution < -0.4 is 10.6 Å². The smallest absolute Gasteiger partial charge is 0.191 e. The Morgan fingerprint density at radius 1 is 1.14 bits per heavy atom. The van der Waals surface area contributed by atoms with Crippen LogP contribution in [0.5, 0.6) is 0 Å². The molecule has 0 unspecified atom stereocenters. The summed E-state index contributed by atoms with van der Waals surface area (Å²) >= 11 is 0. The number of likely N-dealkylation sites (N-methyl/N-ethyl adjacent to an activating group) is 1. The van der Waals surface area contributed by atoms with Crippen molar-refractivity contribution in [1.82, 2.24) is 15.5 Å². The number of nitrogens with zero attached hydrogens (tertiary/aromatic N) is 2. The molecule has 0 aromatic carbocycles. The molecule has 0 fully saturated rings. The Labute approximate surface area is 131 Å². The van der Waals surface area contributed by atoms with Gasteiger partial charge in [0.1, 0.15) is 0 Å². The maximum absolute atomic E-state index is 5.07. The number of hydrogen-bond acceptors (Lipinski definition) is 3. The monoisotopic (exact) mass is 300 g/mol. The van der Waals surface area contributed by atoms with Gasteiger partial charge in [0.05, 0.1) is 0 Å². The number of aliphatic imine (C=N–C) groups is 1. The lowest BCUT2D eigenvalue weighted by Crippen LogP contribution is -2.41. The van der Waals surface area contributed by atoms with Gasteiger partial charge in [-0.15, -0.1) is 0 Å². The van der Waals surface area contributed by atoms with E-state index in [1.165, 1.54) is 12.8 Å². The van der Waals surface area contributed by atoms with Crippen LogP contribution in [-0.2, 0) is 4.74 Å². The Morgan fingerprint density at radius 3 is 2.43 bits per heavy atom. The second kappa shape index (κ2) is 14.1. The van der Waals surface area contributed by atoms with Gasteiger partial charge in [-0.3, -0.25) is 4.99 Å². The normalized spacial score (nSPS) is 12.2. The fraction of sp³-hybridized carbons (Fsp3) is 0.938. The molecule has 0 aromatic rings. The van der Waals surface area contributed by atoms with Gasteiger partial charge in [-0.2, -0.15) is 0 Å². The summed E-state index contributed by atoms with van der Waals surface area (Å²) in [4.78, 5) is 7.00. The molecule has 0 saturated heterocycles. The topological polar surface area (TPSA) is 48.9 Å². The van der Waals surface area contributed by atoms with Gasteiger partial charge in [0, 0.05) is 46.4 Å². The minimum Gasteiger partial charge on any atom is -0.385 e. The molecule has 0 radical (unpaired) electrons. The first-order valence-corrected chi connectivity index (χ1v) is 8.37. The Hall–Kier alpha value is -0.810. The van der Waals surface area contributed by atoms with Gasteiger partial charge in [0.25, 0.3) is 0 Å². The van der Waals surface area contributed by atoms with Gasteiger partial charge < -0.3 is 20.3 Å². The highest BCUT2D eigenvalue weighted by Gasteiger charge is 2.04. The standard InChI is InChI=1S/C16H36N4O/c1-6-15(7-2)14-19-16(17-8-3)18-10-12-20(4)11-9-13-21-5/h15H,6-14H2,1-5H3,(H2,17,18,19). The fourth-order valence-electron chi connectivity index (χ4n) is 2.06. The number of hydrogen-bond donors (Lipinski definition) is 2. The van der Waals surface area contributed by atoms with E-state index in [2.05, 4.69) is 48.3 Å². The maximum atomic E-state index is 5.07. The minimum absolute atomic E-state index is 0.692. The van der Waals surface area contributed by atoms with Gasteiger partial charge in [-0.1, -0.05) is 26.7 Å². The largest absolute Gasteiger partial charge is 0.385 e. The van der Waals surface area contributed by atoms with Crippen molar-refractivity contribution >= 4 is 5.96 Å². The molecule has 0 aromatic heterocycles. The third-order valence-corrected chi connectivity index (χ3v) is 3.68. The van der Waals surface area contributed by atoms with Crippen molar-refractivity contribution < 1.29 is 4.74 Å². The number of nitrogens with one attached hydrogen (secondary N) is 2. The third kappa shape index (κ3) is 11.5. The molecular weight excluding hydrogens is 264 g/mol. The molecule has 0 aliphatic heterocycles. The Balaban J connectivity index is 4.00. The summed E-state index contributed by atoms with van der Waals surface area (Å²) in [5, 5.41) is 6.72. The summed E-state index contributed by atoms with van der Waals surface area (Å²) in [5.74, 6) is 1.63. The molecule has 0 atom stereocenters. The highest BCUT2D eigenvalue weighted by molar-refractivity contribution is 5.79. The quantitative estimate of drug-likeness (QED) is 0.328. The zero-order valence-corrected chi connectivity index (χ0v) is 14.7. The molecule has 0 amide bonds. The van der Waals surface area contributed by atoms with E-state index in [-0.39, 0.29) is 0 Å². The fourth-order valence-corrected chi connectivity index (χ4v) is 2.06. The second-order valence-electron chi connectivity index (χ2n) is 5.48. The van der Waals surface area contributed by atoms with Crippen LogP contribution in [0.1, 0.15) is 40.0 Å². The van der Waals surface area contributed by atoms with E-state index in [1.807, 2.05) is 0 Å². The van der Waals surface area contributed by atoms with E-state index in [0.29, 0.717) is 5.92 Å². The van der Waals surface area contributed by atoms with Crippen LogP contribution in [0.4, 0.5) is 0 Å². The van der Waals surface area contributed by atoms with Crippen molar-refractivity contribution in [3.8, 4) is 0 Å². The summed E-state index contributed by atoms with van der Waals surface area (Å²) in [6.07, 6.45) is 3.47. The molecule has 0 spiro atoms. The van der Waals surface area contributed by atoms with E-state index >= 15 is 0 Å². The lowest BCUT2D eigenvalue weighted by Gasteiger charge is -2.18. The molecule has 0 bridgehead atoms. The molecule has 21 heavy (non-hydrogen) atoms.